The topological polar surface area (TPSA) is 84.9 Å². The van der Waals surface area contributed by atoms with Gasteiger partial charge >= 0.3 is 5.97 Å². The molecule has 156 valence electrons. The number of hydrogen-bond donors (Lipinski definition) is 1. The summed E-state index contributed by atoms with van der Waals surface area (Å²) in [7, 11) is 2.71. The van der Waals surface area contributed by atoms with E-state index in [0.717, 1.165) is 0 Å². The number of anilines is 2. The molecule has 3 rings (SSSR count). The maximum atomic E-state index is 13.3. The number of methoxy groups -OCH3 is 2. The maximum absolute atomic E-state index is 13.3. The van der Waals surface area contributed by atoms with E-state index in [2.05, 4.69) is 5.32 Å². The first-order chi connectivity index (χ1) is 14.3. The van der Waals surface area contributed by atoms with Crippen LogP contribution in [0.15, 0.2) is 59.8 Å². The van der Waals surface area contributed by atoms with Gasteiger partial charge in [-0.15, -0.1) is 0 Å². The molecule has 1 aliphatic rings. The lowest BCUT2D eigenvalue weighted by molar-refractivity contribution is -0.138. The Morgan fingerprint density at radius 3 is 2.47 bits per heavy atom. The molecule has 0 saturated carbocycles. The summed E-state index contributed by atoms with van der Waals surface area (Å²) in [6, 6.07) is 12.0. The predicted molar refractivity (Wildman–Crippen MR) is 108 cm³/mol. The minimum Gasteiger partial charge on any atom is -0.497 e. The number of allylic oxidation sites excluding steroid dienone is 1. The number of carbonyl (C=O) groups excluding carboxylic acids is 3. The minimum absolute atomic E-state index is 0.0711. The van der Waals surface area contributed by atoms with Gasteiger partial charge in [-0.3, -0.25) is 14.5 Å². The van der Waals surface area contributed by atoms with E-state index in [1.807, 2.05) is 0 Å². The summed E-state index contributed by atoms with van der Waals surface area (Å²) in [6.07, 6.45) is -0.241. The second kappa shape index (κ2) is 8.77. The van der Waals surface area contributed by atoms with Crippen LogP contribution in [0.3, 0.4) is 0 Å². The van der Waals surface area contributed by atoms with E-state index < -0.39 is 29.5 Å². The predicted octanol–water partition coefficient (Wildman–Crippen LogP) is 3.27. The maximum Gasteiger partial charge on any atom is 0.336 e. The third-order valence-corrected chi connectivity index (χ3v) is 4.85. The average molecular weight is 412 g/mol. The number of hydrogen-bond acceptors (Lipinski definition) is 5. The molecule has 2 amide bonds. The zero-order chi connectivity index (χ0) is 21.8. The van der Waals surface area contributed by atoms with Gasteiger partial charge in [-0.05, 0) is 43.3 Å². The van der Waals surface area contributed by atoms with Gasteiger partial charge in [0.15, 0.2) is 0 Å². The van der Waals surface area contributed by atoms with Gasteiger partial charge in [-0.2, -0.15) is 0 Å². The van der Waals surface area contributed by atoms with Crippen molar-refractivity contribution in [1.29, 1.82) is 0 Å². The molecule has 0 fully saturated rings. The van der Waals surface area contributed by atoms with Crippen LogP contribution in [0.5, 0.6) is 5.75 Å². The normalized spacial score (nSPS) is 16.3. The lowest BCUT2D eigenvalue weighted by Gasteiger charge is -2.33. The molecule has 0 saturated heterocycles. The highest BCUT2D eigenvalue weighted by molar-refractivity contribution is 6.10. The summed E-state index contributed by atoms with van der Waals surface area (Å²) in [4.78, 5) is 39.6. The van der Waals surface area contributed by atoms with Gasteiger partial charge in [-0.25, -0.2) is 9.18 Å². The summed E-state index contributed by atoms with van der Waals surface area (Å²) < 4.78 is 23.3. The third-order valence-electron chi connectivity index (χ3n) is 4.85. The fraction of sp³-hybridized carbons (Fsp3) is 0.227. The Labute approximate surface area is 173 Å². The Morgan fingerprint density at radius 1 is 1.13 bits per heavy atom. The van der Waals surface area contributed by atoms with Crippen molar-refractivity contribution >= 4 is 29.2 Å². The Balaban J connectivity index is 1.97. The highest BCUT2D eigenvalue weighted by atomic mass is 19.1. The SMILES string of the molecule is COC(=O)C1=C(C)N(c2ccc(F)cc2)C(=O)C[C@@H]1C(=O)Nc1cccc(OC)c1. The second-order valence-corrected chi connectivity index (χ2v) is 6.67. The summed E-state index contributed by atoms with van der Waals surface area (Å²) in [5.41, 5.74) is 1.19. The summed E-state index contributed by atoms with van der Waals surface area (Å²) in [6.45, 7) is 1.55. The third kappa shape index (κ3) is 4.17. The van der Waals surface area contributed by atoms with Crippen LogP contribution in [-0.4, -0.2) is 32.0 Å². The van der Waals surface area contributed by atoms with Crippen molar-refractivity contribution in [3.05, 3.63) is 65.6 Å². The average Bonchev–Trinajstić information content (AvgIpc) is 2.74. The van der Waals surface area contributed by atoms with Gasteiger partial charge in [-0.1, -0.05) is 6.07 Å². The van der Waals surface area contributed by atoms with Crippen LogP contribution in [0.1, 0.15) is 13.3 Å². The molecule has 0 aromatic heterocycles. The molecule has 1 N–H and O–H groups in total. The second-order valence-electron chi connectivity index (χ2n) is 6.67. The van der Waals surface area contributed by atoms with E-state index in [1.165, 1.54) is 43.4 Å². The van der Waals surface area contributed by atoms with Gasteiger partial charge in [0.05, 0.1) is 25.7 Å². The first kappa shape index (κ1) is 21.0. The largest absolute Gasteiger partial charge is 0.497 e. The molecule has 0 aliphatic carbocycles. The monoisotopic (exact) mass is 412 g/mol. The molecule has 0 spiro atoms. The number of ether oxygens (including phenoxy) is 2. The van der Waals surface area contributed by atoms with E-state index >= 15 is 0 Å². The first-order valence-electron chi connectivity index (χ1n) is 9.18. The number of carbonyl (C=O) groups is 3. The van der Waals surface area contributed by atoms with Gasteiger partial charge < -0.3 is 14.8 Å². The van der Waals surface area contributed by atoms with Crippen molar-refractivity contribution in [2.75, 3.05) is 24.4 Å². The first-order valence-corrected chi connectivity index (χ1v) is 9.18. The highest BCUT2D eigenvalue weighted by Crippen LogP contribution is 2.34. The molecule has 0 bridgehead atoms. The lowest BCUT2D eigenvalue weighted by atomic mass is 9.88. The molecular formula is C22H21FN2O5. The molecular weight excluding hydrogens is 391 g/mol. The van der Waals surface area contributed by atoms with Crippen LogP contribution in [0.25, 0.3) is 0 Å². The number of esters is 1. The highest BCUT2D eigenvalue weighted by Gasteiger charge is 2.40. The summed E-state index contributed by atoms with van der Waals surface area (Å²) in [5.74, 6) is -2.55. The van der Waals surface area contributed by atoms with Gasteiger partial charge in [0.2, 0.25) is 11.8 Å². The van der Waals surface area contributed by atoms with Crippen LogP contribution >= 0.6 is 0 Å². The quantitative estimate of drug-likeness (QED) is 0.762. The van der Waals surface area contributed by atoms with Gasteiger partial charge in [0.1, 0.15) is 11.6 Å². The molecule has 7 nitrogen and oxygen atoms in total. The smallest absolute Gasteiger partial charge is 0.336 e. The Bertz CT molecular complexity index is 1020. The van der Waals surface area contributed by atoms with Crippen LogP contribution in [-0.2, 0) is 19.1 Å². The number of rotatable bonds is 5. The van der Waals surface area contributed by atoms with Crippen molar-refractivity contribution in [1.82, 2.24) is 0 Å². The number of nitrogens with zero attached hydrogens (tertiary/aromatic N) is 1. The Morgan fingerprint density at radius 2 is 1.83 bits per heavy atom. The number of benzene rings is 2. The van der Waals surface area contributed by atoms with Crippen molar-refractivity contribution in [2.45, 2.75) is 13.3 Å². The molecule has 1 aliphatic heterocycles. The summed E-state index contributed by atoms with van der Waals surface area (Å²) in [5, 5.41) is 2.72. The van der Waals surface area contributed by atoms with E-state index in [9.17, 15) is 18.8 Å². The van der Waals surface area contributed by atoms with Crippen molar-refractivity contribution in [3.63, 3.8) is 0 Å². The molecule has 1 heterocycles. The van der Waals surface area contributed by atoms with Crippen LogP contribution in [0.2, 0.25) is 0 Å². The van der Waals surface area contributed by atoms with Gasteiger partial charge in [0.25, 0.3) is 0 Å². The van der Waals surface area contributed by atoms with Crippen LogP contribution in [0, 0.1) is 11.7 Å². The van der Waals surface area contributed by atoms with Crippen molar-refractivity contribution in [2.24, 2.45) is 5.92 Å². The van der Waals surface area contributed by atoms with E-state index in [-0.39, 0.29) is 17.7 Å². The Kier molecular flexibility index (Phi) is 6.15. The van der Waals surface area contributed by atoms with E-state index in [1.54, 1.807) is 31.2 Å². The molecule has 8 heteroatoms. The van der Waals surface area contributed by atoms with E-state index in [4.69, 9.17) is 9.47 Å². The number of halogens is 1. The van der Waals surface area contributed by atoms with Crippen LogP contribution < -0.4 is 15.0 Å². The molecule has 2 aromatic rings. The Hall–Kier alpha value is -3.68. The minimum atomic E-state index is -1.03. The molecule has 0 radical (unpaired) electrons. The fourth-order valence-corrected chi connectivity index (χ4v) is 3.41. The van der Waals surface area contributed by atoms with Gasteiger partial charge in [0, 0.05) is 29.6 Å². The standard InChI is InChI=1S/C22H21FN2O5/c1-13-20(22(28)30-3)18(21(27)24-15-5-4-6-17(11-15)29-2)12-19(26)25(13)16-9-7-14(23)8-10-16/h4-11,18H,12H2,1-3H3,(H,24,27)/t18-/m0/s1. The van der Waals surface area contributed by atoms with Crippen molar-refractivity contribution < 1.29 is 28.2 Å². The lowest BCUT2D eigenvalue weighted by Crippen LogP contribution is -2.43. The van der Waals surface area contributed by atoms with E-state index in [0.29, 0.717) is 17.1 Å². The zero-order valence-electron chi connectivity index (χ0n) is 16.8. The number of amides is 2. The zero-order valence-corrected chi connectivity index (χ0v) is 16.8. The fourth-order valence-electron chi connectivity index (χ4n) is 3.41. The molecule has 30 heavy (non-hydrogen) atoms. The van der Waals surface area contributed by atoms with Crippen molar-refractivity contribution in [3.8, 4) is 5.75 Å². The molecule has 2 aromatic carbocycles. The number of nitrogens with one attached hydrogen (secondary N) is 1. The summed E-state index contributed by atoms with van der Waals surface area (Å²) >= 11 is 0. The molecule has 0 unspecified atom stereocenters. The molecule has 1 atom stereocenters. The van der Waals surface area contributed by atoms with Crippen LogP contribution in [0.4, 0.5) is 15.8 Å².